The molecule has 0 spiro atoms. The number of esters is 1. The number of rotatable bonds is 54. The Kier molecular flexibility index (Phi) is 53.5. The van der Waals surface area contributed by atoms with Gasteiger partial charge in [-0.25, -0.2) is 0 Å². The first kappa shape index (κ1) is 63.3. The van der Waals surface area contributed by atoms with Gasteiger partial charge in [0.25, 0.3) is 0 Å². The van der Waals surface area contributed by atoms with Gasteiger partial charge in [0.05, 0.1) is 25.4 Å². The Bertz CT molecular complexity index is 1010. The zero-order chi connectivity index (χ0) is 47.2. The number of nitrogens with one attached hydrogen (secondary N) is 1. The third kappa shape index (κ3) is 51.6. The maximum Gasteiger partial charge on any atom is 0.305 e. The summed E-state index contributed by atoms with van der Waals surface area (Å²) in [6.07, 6.45) is 66.1. The SMILES string of the molecule is CCCCCCCCCCCCCCC(O)C(CO)NC(=O)CCCCCCCCCCC/C=C\C/C=C\CCCCCCCCCCCOC(=O)CCCCCCCCCCCCC. The van der Waals surface area contributed by atoms with E-state index in [0.717, 1.165) is 44.9 Å². The van der Waals surface area contributed by atoms with E-state index in [1.54, 1.807) is 0 Å². The number of carbonyl (C=O) groups excluding carboxylic acids is 2. The molecule has 3 N–H and O–H groups in total. The molecule has 0 heterocycles. The molecule has 2 atom stereocenters. The van der Waals surface area contributed by atoms with Crippen molar-refractivity contribution in [3.8, 4) is 0 Å². The second-order valence-electron chi connectivity index (χ2n) is 20.0. The lowest BCUT2D eigenvalue weighted by Crippen LogP contribution is -2.45. The summed E-state index contributed by atoms with van der Waals surface area (Å²) >= 11 is 0. The van der Waals surface area contributed by atoms with Gasteiger partial charge in [-0.15, -0.1) is 0 Å². The van der Waals surface area contributed by atoms with E-state index in [4.69, 9.17) is 4.74 Å². The van der Waals surface area contributed by atoms with Gasteiger partial charge in [-0.2, -0.15) is 0 Å². The molecule has 0 radical (unpaired) electrons. The van der Waals surface area contributed by atoms with Crippen molar-refractivity contribution >= 4 is 11.9 Å². The van der Waals surface area contributed by atoms with E-state index in [9.17, 15) is 19.8 Å². The quantitative estimate of drug-likeness (QED) is 0.0321. The van der Waals surface area contributed by atoms with Crippen LogP contribution < -0.4 is 5.32 Å². The number of aliphatic hydroxyl groups is 2. The van der Waals surface area contributed by atoms with Crippen molar-refractivity contribution in [2.75, 3.05) is 13.2 Å². The fraction of sp³-hybridized carbons (Fsp3) is 0.898. The van der Waals surface area contributed by atoms with Crippen molar-refractivity contribution in [3.05, 3.63) is 24.3 Å². The highest BCUT2D eigenvalue weighted by atomic mass is 16.5. The van der Waals surface area contributed by atoms with E-state index in [1.807, 2.05) is 0 Å². The average molecular weight is 917 g/mol. The van der Waals surface area contributed by atoms with Crippen molar-refractivity contribution in [2.45, 2.75) is 328 Å². The predicted octanol–water partition coefficient (Wildman–Crippen LogP) is 17.9. The van der Waals surface area contributed by atoms with Gasteiger partial charge < -0.3 is 20.3 Å². The second-order valence-corrected chi connectivity index (χ2v) is 20.0. The fourth-order valence-electron chi connectivity index (χ4n) is 9.02. The van der Waals surface area contributed by atoms with Crippen LogP contribution in [-0.4, -0.2) is 47.4 Å². The van der Waals surface area contributed by atoms with E-state index in [1.165, 1.54) is 238 Å². The summed E-state index contributed by atoms with van der Waals surface area (Å²) < 4.78 is 5.46. The normalized spacial score (nSPS) is 12.7. The van der Waals surface area contributed by atoms with Crippen molar-refractivity contribution in [2.24, 2.45) is 0 Å². The zero-order valence-electron chi connectivity index (χ0n) is 43.7. The monoisotopic (exact) mass is 916 g/mol. The Balaban J connectivity index is 3.43. The maximum atomic E-state index is 12.4. The van der Waals surface area contributed by atoms with Gasteiger partial charge in [0.15, 0.2) is 0 Å². The molecule has 384 valence electrons. The summed E-state index contributed by atoms with van der Waals surface area (Å²) in [5.41, 5.74) is 0. The molecule has 0 aromatic heterocycles. The molecule has 1 amide bonds. The molecule has 0 aliphatic heterocycles. The van der Waals surface area contributed by atoms with E-state index >= 15 is 0 Å². The Hall–Kier alpha value is -1.66. The van der Waals surface area contributed by atoms with Crippen LogP contribution in [0.15, 0.2) is 24.3 Å². The average Bonchev–Trinajstić information content (AvgIpc) is 3.31. The molecule has 0 aromatic carbocycles. The highest BCUT2D eigenvalue weighted by Gasteiger charge is 2.20. The standard InChI is InChI=1S/C59H113NO5/c1-3-5-7-9-11-13-15-32-35-39-43-47-51-57(62)56(55-61)60-58(63)52-48-44-40-36-33-29-27-25-23-21-19-17-16-18-20-22-24-26-28-30-34-38-42-46-50-54-65-59(64)53-49-45-41-37-31-14-12-10-8-6-4-2/h17-20,56-57,61-62H,3-16,21-55H2,1-2H3,(H,60,63)/b19-17-,20-18-. The molecule has 0 saturated heterocycles. The Morgan fingerprint density at radius 3 is 1.17 bits per heavy atom. The van der Waals surface area contributed by atoms with Crippen molar-refractivity contribution in [1.29, 1.82) is 0 Å². The molecule has 0 rings (SSSR count). The summed E-state index contributed by atoms with van der Waals surface area (Å²) in [7, 11) is 0. The molecule has 0 aliphatic rings. The Labute approximate surface area is 405 Å². The lowest BCUT2D eigenvalue weighted by atomic mass is 10.0. The van der Waals surface area contributed by atoms with Crippen molar-refractivity contribution in [1.82, 2.24) is 5.32 Å². The minimum atomic E-state index is -0.666. The first-order chi connectivity index (χ1) is 32.0. The molecule has 0 bridgehead atoms. The number of unbranched alkanes of at least 4 members (excludes halogenated alkanes) is 39. The predicted molar refractivity (Wildman–Crippen MR) is 283 cm³/mol. The number of hydrogen-bond acceptors (Lipinski definition) is 5. The summed E-state index contributed by atoms with van der Waals surface area (Å²) in [4.78, 5) is 24.4. The fourth-order valence-corrected chi connectivity index (χ4v) is 9.02. The Morgan fingerprint density at radius 1 is 0.431 bits per heavy atom. The molecule has 0 aliphatic carbocycles. The number of amides is 1. The zero-order valence-corrected chi connectivity index (χ0v) is 43.7. The summed E-state index contributed by atoms with van der Waals surface area (Å²) in [5, 5.41) is 23.2. The first-order valence-electron chi connectivity index (χ1n) is 29.1. The molecule has 0 saturated carbocycles. The molecule has 0 aromatic rings. The van der Waals surface area contributed by atoms with Crippen LogP contribution in [0.1, 0.15) is 316 Å². The summed E-state index contributed by atoms with van der Waals surface area (Å²) in [5.74, 6) is -0.0323. The molecular formula is C59H113NO5. The highest BCUT2D eigenvalue weighted by Crippen LogP contribution is 2.17. The van der Waals surface area contributed by atoms with Crippen LogP contribution in [0, 0.1) is 0 Å². The summed E-state index contributed by atoms with van der Waals surface area (Å²) in [6.45, 7) is 4.95. The number of hydrogen-bond donors (Lipinski definition) is 3. The topological polar surface area (TPSA) is 95.9 Å². The van der Waals surface area contributed by atoms with E-state index in [-0.39, 0.29) is 18.5 Å². The molecule has 65 heavy (non-hydrogen) atoms. The van der Waals surface area contributed by atoms with Gasteiger partial charge in [0.2, 0.25) is 5.91 Å². The number of carbonyl (C=O) groups is 2. The van der Waals surface area contributed by atoms with Gasteiger partial charge in [-0.1, -0.05) is 269 Å². The minimum absolute atomic E-state index is 0.00869. The van der Waals surface area contributed by atoms with Crippen molar-refractivity contribution < 1.29 is 24.5 Å². The molecule has 6 heteroatoms. The second kappa shape index (κ2) is 54.9. The lowest BCUT2D eigenvalue weighted by molar-refractivity contribution is -0.143. The highest BCUT2D eigenvalue weighted by molar-refractivity contribution is 5.76. The van der Waals surface area contributed by atoms with Crippen LogP contribution in [0.25, 0.3) is 0 Å². The van der Waals surface area contributed by atoms with Gasteiger partial charge >= 0.3 is 5.97 Å². The molecule has 0 fully saturated rings. The van der Waals surface area contributed by atoms with Crippen LogP contribution in [0.4, 0.5) is 0 Å². The molecule has 2 unspecified atom stereocenters. The van der Waals surface area contributed by atoms with Crippen LogP contribution in [0.5, 0.6) is 0 Å². The van der Waals surface area contributed by atoms with Crippen molar-refractivity contribution in [3.63, 3.8) is 0 Å². The first-order valence-corrected chi connectivity index (χ1v) is 29.1. The third-order valence-electron chi connectivity index (χ3n) is 13.5. The third-order valence-corrected chi connectivity index (χ3v) is 13.5. The Morgan fingerprint density at radius 2 is 0.769 bits per heavy atom. The van der Waals surface area contributed by atoms with E-state index in [0.29, 0.717) is 25.9 Å². The smallest absolute Gasteiger partial charge is 0.305 e. The maximum absolute atomic E-state index is 12.4. The van der Waals surface area contributed by atoms with Gasteiger partial charge in [0.1, 0.15) is 0 Å². The van der Waals surface area contributed by atoms with Gasteiger partial charge in [-0.05, 0) is 57.8 Å². The van der Waals surface area contributed by atoms with Crippen LogP contribution in [0.3, 0.4) is 0 Å². The number of aliphatic hydroxyl groups excluding tert-OH is 2. The molecule has 6 nitrogen and oxygen atoms in total. The van der Waals surface area contributed by atoms with Gasteiger partial charge in [-0.3, -0.25) is 9.59 Å². The largest absolute Gasteiger partial charge is 0.466 e. The van der Waals surface area contributed by atoms with E-state index < -0.39 is 12.1 Å². The molecular weight excluding hydrogens is 803 g/mol. The number of ether oxygens (including phenoxy) is 1. The minimum Gasteiger partial charge on any atom is -0.466 e. The van der Waals surface area contributed by atoms with Crippen LogP contribution in [0.2, 0.25) is 0 Å². The van der Waals surface area contributed by atoms with Gasteiger partial charge in [0, 0.05) is 12.8 Å². The van der Waals surface area contributed by atoms with Crippen LogP contribution in [-0.2, 0) is 14.3 Å². The van der Waals surface area contributed by atoms with Crippen LogP contribution >= 0.6 is 0 Å². The van der Waals surface area contributed by atoms with E-state index in [2.05, 4.69) is 43.5 Å². The lowest BCUT2D eigenvalue weighted by Gasteiger charge is -2.22. The number of allylic oxidation sites excluding steroid dienone is 4. The summed E-state index contributed by atoms with van der Waals surface area (Å²) in [6, 6.07) is -0.544.